The molecule has 1 atom stereocenters. The second-order valence-corrected chi connectivity index (χ2v) is 5.48. The number of hydrogen-bond donors (Lipinski definition) is 1. The molecule has 20 heavy (non-hydrogen) atoms. The van der Waals surface area contributed by atoms with Gasteiger partial charge < -0.3 is 10.2 Å². The molecule has 0 bridgehead atoms. The molecule has 1 aromatic heterocycles. The monoisotopic (exact) mass is 277 g/mol. The van der Waals surface area contributed by atoms with Gasteiger partial charge in [-0.2, -0.15) is 0 Å². The fraction of sp³-hybridized carbons (Fsp3) is 0.583. The van der Waals surface area contributed by atoms with E-state index in [1.807, 2.05) is 4.90 Å². The van der Waals surface area contributed by atoms with Crippen LogP contribution in [0.4, 0.5) is 11.6 Å². The fourth-order valence-electron chi connectivity index (χ4n) is 2.99. The predicted octanol–water partition coefficient (Wildman–Crippen LogP) is 0.491. The number of anilines is 1. The Morgan fingerprint density at radius 1 is 1.40 bits per heavy atom. The lowest BCUT2D eigenvalue weighted by molar-refractivity contribution is -0.385. The molecule has 0 radical (unpaired) electrons. The van der Waals surface area contributed by atoms with Crippen molar-refractivity contribution in [3.8, 4) is 0 Å². The van der Waals surface area contributed by atoms with Gasteiger partial charge in [0.05, 0.1) is 4.92 Å². The van der Waals surface area contributed by atoms with Gasteiger partial charge in [0.1, 0.15) is 12.4 Å². The van der Waals surface area contributed by atoms with Crippen LogP contribution in [0, 0.1) is 15.5 Å². The van der Waals surface area contributed by atoms with Gasteiger partial charge in [-0.1, -0.05) is 0 Å². The summed E-state index contributed by atoms with van der Waals surface area (Å²) < 4.78 is 0. The largest absolute Gasteiger partial charge is 0.355 e. The molecule has 1 amide bonds. The van der Waals surface area contributed by atoms with Crippen LogP contribution in [-0.4, -0.2) is 40.4 Å². The van der Waals surface area contributed by atoms with E-state index in [0.717, 1.165) is 19.4 Å². The molecule has 106 valence electrons. The third kappa shape index (κ3) is 2.28. The third-order valence-corrected chi connectivity index (χ3v) is 3.98. The van der Waals surface area contributed by atoms with Crippen LogP contribution in [0.3, 0.4) is 0 Å². The Hall–Kier alpha value is -2.25. The van der Waals surface area contributed by atoms with Gasteiger partial charge in [0.25, 0.3) is 0 Å². The van der Waals surface area contributed by atoms with Gasteiger partial charge >= 0.3 is 5.69 Å². The summed E-state index contributed by atoms with van der Waals surface area (Å²) in [5, 5.41) is 13.5. The zero-order valence-electron chi connectivity index (χ0n) is 10.9. The van der Waals surface area contributed by atoms with Crippen LogP contribution in [-0.2, 0) is 4.79 Å². The van der Waals surface area contributed by atoms with Crippen molar-refractivity contribution >= 4 is 17.5 Å². The Morgan fingerprint density at radius 2 is 2.15 bits per heavy atom. The Morgan fingerprint density at radius 3 is 2.75 bits per heavy atom. The first-order chi connectivity index (χ1) is 9.58. The number of piperidine rings is 1. The molecule has 1 aromatic rings. The summed E-state index contributed by atoms with van der Waals surface area (Å²) in [4.78, 5) is 31.7. The van der Waals surface area contributed by atoms with Crippen molar-refractivity contribution in [2.45, 2.75) is 19.3 Å². The number of carbonyl (C=O) groups excluding carboxylic acids is 1. The van der Waals surface area contributed by atoms with Crippen LogP contribution in [0.1, 0.15) is 19.3 Å². The van der Waals surface area contributed by atoms with Crippen LogP contribution >= 0.6 is 0 Å². The van der Waals surface area contributed by atoms with E-state index in [-0.39, 0.29) is 17.0 Å². The van der Waals surface area contributed by atoms with Gasteiger partial charge in [0.2, 0.25) is 11.9 Å². The molecular formula is C12H15N5O3. The number of aromatic nitrogens is 2. The summed E-state index contributed by atoms with van der Waals surface area (Å²) in [7, 11) is 0. The zero-order valence-corrected chi connectivity index (χ0v) is 10.9. The quantitative estimate of drug-likeness (QED) is 0.623. The Kier molecular flexibility index (Phi) is 3.00. The molecule has 2 saturated heterocycles. The van der Waals surface area contributed by atoms with Crippen molar-refractivity contribution < 1.29 is 9.72 Å². The van der Waals surface area contributed by atoms with Crippen molar-refractivity contribution in [1.29, 1.82) is 0 Å². The summed E-state index contributed by atoms with van der Waals surface area (Å²) in [6.45, 7) is 2.21. The second kappa shape index (κ2) is 4.69. The molecule has 1 N–H and O–H groups in total. The lowest BCUT2D eigenvalue weighted by Gasteiger charge is -2.39. The molecule has 2 aliphatic rings. The highest BCUT2D eigenvalue weighted by Gasteiger charge is 2.42. The van der Waals surface area contributed by atoms with Crippen molar-refractivity contribution in [2.24, 2.45) is 5.41 Å². The van der Waals surface area contributed by atoms with E-state index >= 15 is 0 Å². The molecular weight excluding hydrogens is 262 g/mol. The van der Waals surface area contributed by atoms with Crippen LogP contribution < -0.4 is 10.2 Å². The molecule has 0 aliphatic carbocycles. The lowest BCUT2D eigenvalue weighted by atomic mass is 9.79. The average Bonchev–Trinajstić information content (AvgIpc) is 2.79. The molecule has 2 fully saturated rings. The highest BCUT2D eigenvalue weighted by atomic mass is 16.6. The lowest BCUT2D eigenvalue weighted by Crippen LogP contribution is -2.45. The molecule has 2 aliphatic heterocycles. The van der Waals surface area contributed by atoms with Gasteiger partial charge in [-0.05, 0) is 12.8 Å². The van der Waals surface area contributed by atoms with E-state index in [9.17, 15) is 14.9 Å². The van der Waals surface area contributed by atoms with Gasteiger partial charge in [0, 0.05) is 31.5 Å². The molecule has 8 heteroatoms. The van der Waals surface area contributed by atoms with Crippen molar-refractivity contribution in [3.63, 3.8) is 0 Å². The van der Waals surface area contributed by atoms with Gasteiger partial charge in [-0.3, -0.25) is 14.9 Å². The predicted molar refractivity (Wildman–Crippen MR) is 70.2 cm³/mol. The Bertz CT molecular complexity index is 547. The van der Waals surface area contributed by atoms with E-state index in [2.05, 4.69) is 15.3 Å². The molecule has 1 unspecified atom stereocenters. The number of rotatable bonds is 2. The summed E-state index contributed by atoms with van der Waals surface area (Å²) >= 11 is 0. The summed E-state index contributed by atoms with van der Waals surface area (Å²) in [6, 6.07) is 0. The fourth-order valence-corrected chi connectivity index (χ4v) is 2.99. The maximum atomic E-state index is 11.4. The first kappa shape index (κ1) is 12.8. The SMILES string of the molecule is O=C1CC2(CCCN(c3ncc([N+](=O)[O-])cn3)C2)CN1. The molecule has 3 rings (SSSR count). The minimum absolute atomic E-state index is 0.0412. The van der Waals surface area contributed by atoms with E-state index in [4.69, 9.17) is 0 Å². The van der Waals surface area contributed by atoms with Gasteiger partial charge in [0.15, 0.2) is 0 Å². The first-order valence-corrected chi connectivity index (χ1v) is 6.56. The van der Waals surface area contributed by atoms with Gasteiger partial charge in [-0.25, -0.2) is 9.97 Å². The number of amides is 1. The molecule has 0 saturated carbocycles. The number of nitro groups is 1. The van der Waals surface area contributed by atoms with Gasteiger partial charge in [-0.15, -0.1) is 0 Å². The Balaban J connectivity index is 1.76. The van der Waals surface area contributed by atoms with Crippen LogP contribution in [0.2, 0.25) is 0 Å². The van der Waals surface area contributed by atoms with E-state index in [1.54, 1.807) is 0 Å². The maximum absolute atomic E-state index is 11.4. The number of hydrogen-bond acceptors (Lipinski definition) is 6. The first-order valence-electron chi connectivity index (χ1n) is 6.56. The topological polar surface area (TPSA) is 101 Å². The smallest absolute Gasteiger partial charge is 0.305 e. The van der Waals surface area contributed by atoms with Crippen LogP contribution in [0.15, 0.2) is 12.4 Å². The Labute approximate surface area is 115 Å². The molecule has 1 spiro atoms. The molecule has 3 heterocycles. The van der Waals surface area contributed by atoms with E-state index in [1.165, 1.54) is 12.4 Å². The summed E-state index contributed by atoms with van der Waals surface area (Å²) in [5.41, 5.74) is -0.154. The van der Waals surface area contributed by atoms with Crippen molar-refractivity contribution in [1.82, 2.24) is 15.3 Å². The van der Waals surface area contributed by atoms with Crippen molar-refractivity contribution in [3.05, 3.63) is 22.5 Å². The number of nitrogens with one attached hydrogen (secondary N) is 1. The van der Waals surface area contributed by atoms with E-state index < -0.39 is 4.92 Å². The minimum atomic E-state index is -0.513. The average molecular weight is 277 g/mol. The number of nitrogens with zero attached hydrogens (tertiary/aromatic N) is 4. The minimum Gasteiger partial charge on any atom is -0.355 e. The van der Waals surface area contributed by atoms with Crippen molar-refractivity contribution in [2.75, 3.05) is 24.5 Å². The molecule has 0 aromatic carbocycles. The highest BCUT2D eigenvalue weighted by Crippen LogP contribution is 2.36. The summed E-state index contributed by atoms with van der Waals surface area (Å²) in [5.74, 6) is 0.588. The zero-order chi connectivity index (χ0) is 14.2. The normalized spacial score (nSPS) is 25.8. The summed E-state index contributed by atoms with van der Waals surface area (Å²) in [6.07, 6.45) is 4.96. The van der Waals surface area contributed by atoms with Crippen LogP contribution in [0.5, 0.6) is 0 Å². The highest BCUT2D eigenvalue weighted by molar-refractivity contribution is 5.79. The molecule has 8 nitrogen and oxygen atoms in total. The second-order valence-electron chi connectivity index (χ2n) is 5.48. The number of carbonyl (C=O) groups is 1. The maximum Gasteiger partial charge on any atom is 0.305 e. The van der Waals surface area contributed by atoms with E-state index in [0.29, 0.717) is 25.5 Å². The van der Waals surface area contributed by atoms with Crippen LogP contribution in [0.25, 0.3) is 0 Å². The standard InChI is InChI=1S/C12H15N5O3/c18-10-4-12(7-15-10)2-1-3-16(8-12)11-13-5-9(6-14-11)17(19)20/h5-6H,1-4,7-8H2,(H,15,18). The third-order valence-electron chi connectivity index (χ3n) is 3.98.